The zero-order chi connectivity index (χ0) is 13.8. The first kappa shape index (κ1) is 14.2. The number of benzene rings is 2. The molecule has 2 aromatic rings. The van der Waals surface area contributed by atoms with Crippen molar-refractivity contribution >= 4 is 28.9 Å². The van der Waals surface area contributed by atoms with Gasteiger partial charge in [0, 0.05) is 30.2 Å². The Morgan fingerprint density at radius 2 is 1.89 bits per heavy atom. The van der Waals surface area contributed by atoms with E-state index in [1.54, 1.807) is 0 Å². The van der Waals surface area contributed by atoms with Crippen LogP contribution in [0.3, 0.4) is 0 Å². The number of halogens is 3. The highest BCUT2D eigenvalue weighted by molar-refractivity contribution is 6.31. The molecule has 19 heavy (non-hydrogen) atoms. The Morgan fingerprint density at radius 3 is 2.58 bits per heavy atom. The molecule has 100 valence electrons. The molecule has 0 atom stereocenters. The van der Waals surface area contributed by atoms with Crippen molar-refractivity contribution in [3.63, 3.8) is 0 Å². The summed E-state index contributed by atoms with van der Waals surface area (Å²) in [6.07, 6.45) is 0. The molecule has 2 rings (SSSR count). The second-order valence-electron chi connectivity index (χ2n) is 4.40. The van der Waals surface area contributed by atoms with E-state index in [1.807, 2.05) is 42.3 Å². The maximum Gasteiger partial charge on any atom is 0.125 e. The third-order valence-corrected chi connectivity index (χ3v) is 3.58. The third kappa shape index (κ3) is 3.62. The minimum absolute atomic E-state index is 0.279. The molecule has 0 radical (unpaired) electrons. The molecule has 0 heterocycles. The lowest BCUT2D eigenvalue weighted by Gasteiger charge is -2.20. The zero-order valence-electron chi connectivity index (χ0n) is 10.5. The van der Waals surface area contributed by atoms with E-state index < -0.39 is 0 Å². The molecule has 0 aliphatic heterocycles. The van der Waals surface area contributed by atoms with Crippen molar-refractivity contribution in [3.05, 3.63) is 64.4 Å². The fraction of sp³-hybridized carbons (Fsp3) is 0.200. The van der Waals surface area contributed by atoms with Crippen LogP contribution in [-0.2, 0) is 12.4 Å². The molecule has 0 saturated heterocycles. The number of alkyl halides is 1. The molecule has 4 heteroatoms. The average molecular weight is 298 g/mol. The van der Waals surface area contributed by atoms with Crippen LogP contribution >= 0.6 is 23.2 Å². The Morgan fingerprint density at radius 1 is 1.16 bits per heavy atom. The van der Waals surface area contributed by atoms with Gasteiger partial charge in [-0.3, -0.25) is 0 Å². The normalized spacial score (nSPS) is 10.5. The average Bonchev–Trinajstić information content (AvgIpc) is 2.40. The predicted molar refractivity (Wildman–Crippen MR) is 79.5 cm³/mol. The molecule has 0 spiro atoms. The fourth-order valence-electron chi connectivity index (χ4n) is 1.90. The van der Waals surface area contributed by atoms with Gasteiger partial charge in [0.05, 0.1) is 0 Å². The quantitative estimate of drug-likeness (QED) is 0.729. The number of nitrogens with zero attached hydrogens (tertiary/aromatic N) is 1. The Bertz CT molecular complexity index is 572. The highest BCUT2D eigenvalue weighted by Gasteiger charge is 2.07. The van der Waals surface area contributed by atoms with E-state index in [2.05, 4.69) is 0 Å². The Hall–Kier alpha value is -1.25. The highest BCUT2D eigenvalue weighted by atomic mass is 35.5. The lowest BCUT2D eigenvalue weighted by molar-refractivity contribution is 0.625. The smallest absolute Gasteiger partial charge is 0.125 e. The minimum atomic E-state index is -0.279. The summed E-state index contributed by atoms with van der Waals surface area (Å²) >= 11 is 11.9. The molecule has 1 nitrogen and oxygen atoms in total. The van der Waals surface area contributed by atoms with E-state index in [0.29, 0.717) is 17.4 Å². The molecule has 0 fully saturated rings. The summed E-state index contributed by atoms with van der Waals surface area (Å²) in [6.45, 7) is 0.616. The van der Waals surface area contributed by atoms with Crippen LogP contribution in [0, 0.1) is 5.82 Å². The van der Waals surface area contributed by atoms with Gasteiger partial charge < -0.3 is 4.90 Å². The summed E-state index contributed by atoms with van der Waals surface area (Å²) in [6, 6.07) is 12.4. The van der Waals surface area contributed by atoms with E-state index >= 15 is 0 Å². The molecule has 0 unspecified atom stereocenters. The van der Waals surface area contributed by atoms with Crippen molar-refractivity contribution < 1.29 is 4.39 Å². The van der Waals surface area contributed by atoms with Crippen LogP contribution in [0.4, 0.5) is 10.1 Å². The van der Waals surface area contributed by atoms with E-state index in [9.17, 15) is 4.39 Å². The second kappa shape index (κ2) is 6.27. The summed E-state index contributed by atoms with van der Waals surface area (Å²) in [4.78, 5) is 1.94. The topological polar surface area (TPSA) is 3.24 Å². The zero-order valence-corrected chi connectivity index (χ0v) is 12.0. The first-order valence-corrected chi connectivity index (χ1v) is 6.81. The van der Waals surface area contributed by atoms with Gasteiger partial charge in [0.2, 0.25) is 0 Å². The van der Waals surface area contributed by atoms with Crippen molar-refractivity contribution in [2.24, 2.45) is 0 Å². The van der Waals surface area contributed by atoms with E-state index in [0.717, 1.165) is 16.8 Å². The van der Waals surface area contributed by atoms with Gasteiger partial charge in [0.1, 0.15) is 5.82 Å². The maximum atomic E-state index is 13.5. The molecular formula is C15H14Cl2FN. The Labute approximate surface area is 122 Å². The Balaban J connectivity index is 2.22. The van der Waals surface area contributed by atoms with E-state index in [-0.39, 0.29) is 5.82 Å². The minimum Gasteiger partial charge on any atom is -0.370 e. The molecule has 0 amide bonds. The third-order valence-electron chi connectivity index (χ3n) is 2.90. The Kier molecular flexibility index (Phi) is 4.67. The summed E-state index contributed by atoms with van der Waals surface area (Å²) in [5.74, 6) is 0.0178. The number of rotatable bonds is 4. The maximum absolute atomic E-state index is 13.5. The van der Waals surface area contributed by atoms with E-state index in [1.165, 1.54) is 12.1 Å². The molecule has 2 aromatic carbocycles. The standard InChI is InChI=1S/C15H14Cl2FN/c1-19(10-12-4-2-3-5-15(12)17)14-7-11(9-16)6-13(18)8-14/h2-8H,9-10H2,1H3. The van der Waals surface area contributed by atoms with Gasteiger partial charge in [-0.15, -0.1) is 11.6 Å². The fourth-order valence-corrected chi connectivity index (χ4v) is 2.25. The van der Waals surface area contributed by atoms with Crippen LogP contribution in [0.1, 0.15) is 11.1 Å². The number of hydrogen-bond donors (Lipinski definition) is 0. The van der Waals surface area contributed by atoms with Crippen molar-refractivity contribution in [3.8, 4) is 0 Å². The lowest BCUT2D eigenvalue weighted by Crippen LogP contribution is -2.17. The molecule has 0 bridgehead atoms. The molecule has 0 aliphatic carbocycles. The molecular weight excluding hydrogens is 284 g/mol. The summed E-state index contributed by atoms with van der Waals surface area (Å²) in [7, 11) is 1.90. The summed E-state index contributed by atoms with van der Waals surface area (Å²) < 4.78 is 13.5. The lowest BCUT2D eigenvalue weighted by atomic mass is 10.1. The van der Waals surface area contributed by atoms with Crippen molar-refractivity contribution in [2.45, 2.75) is 12.4 Å². The van der Waals surface area contributed by atoms with Crippen LogP contribution in [0.2, 0.25) is 5.02 Å². The van der Waals surface area contributed by atoms with Gasteiger partial charge in [0.15, 0.2) is 0 Å². The van der Waals surface area contributed by atoms with Crippen LogP contribution in [0.15, 0.2) is 42.5 Å². The summed E-state index contributed by atoms with van der Waals surface area (Å²) in [5, 5.41) is 0.711. The van der Waals surface area contributed by atoms with Gasteiger partial charge in [-0.1, -0.05) is 29.8 Å². The largest absolute Gasteiger partial charge is 0.370 e. The first-order valence-electron chi connectivity index (χ1n) is 5.90. The first-order chi connectivity index (χ1) is 9.10. The number of anilines is 1. The van der Waals surface area contributed by atoms with Crippen LogP contribution in [-0.4, -0.2) is 7.05 Å². The monoisotopic (exact) mass is 297 g/mol. The van der Waals surface area contributed by atoms with Gasteiger partial charge in [0.25, 0.3) is 0 Å². The predicted octanol–water partition coefficient (Wildman–Crippen LogP) is 4.85. The van der Waals surface area contributed by atoms with E-state index in [4.69, 9.17) is 23.2 Å². The second-order valence-corrected chi connectivity index (χ2v) is 5.07. The van der Waals surface area contributed by atoms with Crippen molar-refractivity contribution in [1.29, 1.82) is 0 Å². The van der Waals surface area contributed by atoms with Crippen LogP contribution < -0.4 is 4.90 Å². The highest BCUT2D eigenvalue weighted by Crippen LogP contribution is 2.23. The van der Waals surface area contributed by atoms with Gasteiger partial charge in [-0.05, 0) is 35.4 Å². The van der Waals surface area contributed by atoms with Crippen molar-refractivity contribution in [1.82, 2.24) is 0 Å². The van der Waals surface area contributed by atoms with Gasteiger partial charge >= 0.3 is 0 Å². The molecule has 0 aliphatic rings. The molecule has 0 aromatic heterocycles. The SMILES string of the molecule is CN(Cc1ccccc1Cl)c1cc(F)cc(CCl)c1. The van der Waals surface area contributed by atoms with Gasteiger partial charge in [-0.2, -0.15) is 0 Å². The van der Waals surface area contributed by atoms with Crippen molar-refractivity contribution in [2.75, 3.05) is 11.9 Å². The van der Waals surface area contributed by atoms with Crippen LogP contribution in [0.25, 0.3) is 0 Å². The number of hydrogen-bond acceptors (Lipinski definition) is 1. The molecule has 0 N–H and O–H groups in total. The van der Waals surface area contributed by atoms with Crippen LogP contribution in [0.5, 0.6) is 0 Å². The summed E-state index contributed by atoms with van der Waals surface area (Å²) in [5.41, 5.74) is 2.56. The van der Waals surface area contributed by atoms with Gasteiger partial charge in [-0.25, -0.2) is 4.39 Å². The molecule has 0 saturated carbocycles.